The quantitative estimate of drug-likeness (QED) is 0.342. The molecule has 0 N–H and O–H groups in total. The molecule has 0 unspecified atom stereocenters. The molecule has 1 heterocycles. The lowest BCUT2D eigenvalue weighted by Crippen LogP contribution is -2.25. The number of aryl methyl sites for hydroxylation is 1. The maximum atomic E-state index is 8.90. The maximum Gasteiger partial charge on any atom is 0.409 e. The number of azo groups is 1. The lowest BCUT2D eigenvalue weighted by atomic mass is 10.2. The van der Waals surface area contributed by atoms with E-state index < -0.39 is 5.97 Å². The molecule has 0 aliphatic rings. The number of carboxylic acids is 1. The fourth-order valence-corrected chi connectivity index (χ4v) is 4.07. The van der Waals surface area contributed by atoms with Crippen molar-refractivity contribution in [3.8, 4) is 11.8 Å². The Hall–Kier alpha value is -3.51. The Morgan fingerprint density at radius 1 is 1.21 bits per heavy atom. The number of nitrogens with zero attached hydrogens (tertiary/aromatic N) is 5. The molecule has 0 spiro atoms. The normalized spacial score (nSPS) is 10.5. The average molecular weight is 468 g/mol. The van der Waals surface area contributed by atoms with Crippen LogP contribution in [0.2, 0.25) is 0 Å². The van der Waals surface area contributed by atoms with Crippen LogP contribution in [0.15, 0.2) is 52.7 Å². The molecule has 0 aliphatic carbocycles. The third-order valence-electron chi connectivity index (χ3n) is 4.76. The Kier molecular flexibility index (Phi) is 10.2. The molecule has 0 atom stereocenters. The Balaban J connectivity index is 0.000000890. The summed E-state index contributed by atoms with van der Waals surface area (Å²) in [6.45, 7) is 4.86. The number of methoxy groups -OCH3 is 1. The summed E-state index contributed by atoms with van der Waals surface area (Å²) in [6.07, 6.45) is 2.77. The van der Waals surface area contributed by atoms with Gasteiger partial charge in [0.15, 0.2) is 0 Å². The first-order chi connectivity index (χ1) is 15.9. The second kappa shape index (κ2) is 13.1. The van der Waals surface area contributed by atoms with Gasteiger partial charge in [-0.1, -0.05) is 13.3 Å². The molecule has 33 heavy (non-hydrogen) atoms. The van der Waals surface area contributed by atoms with Crippen LogP contribution in [0.1, 0.15) is 33.1 Å². The summed E-state index contributed by atoms with van der Waals surface area (Å²) in [4.78, 5) is 11.1. The molecule has 2 aromatic carbocycles. The molecule has 0 amide bonds. The van der Waals surface area contributed by atoms with Crippen molar-refractivity contribution in [2.24, 2.45) is 17.3 Å². The van der Waals surface area contributed by atoms with E-state index in [9.17, 15) is 0 Å². The van der Waals surface area contributed by atoms with E-state index >= 15 is 0 Å². The van der Waals surface area contributed by atoms with Gasteiger partial charge in [0.2, 0.25) is 0 Å². The summed E-state index contributed by atoms with van der Waals surface area (Å²) in [5.74, 6) is -0.248. The Morgan fingerprint density at radius 3 is 2.52 bits per heavy atom. The van der Waals surface area contributed by atoms with Gasteiger partial charge in [-0.15, -0.1) is 0 Å². The number of anilines is 1. The smallest absolute Gasteiger partial charge is 0.409 e. The van der Waals surface area contributed by atoms with E-state index in [1.807, 2.05) is 41.9 Å². The SMILES string of the molecule is CC(=O)[O-].CCCCN(CCC#N)c1ccc(N=Nc2sc3cc(OC)ccc3[n+]2C)cc1. The standard InChI is InChI=1S/C22H26N5OS.C2H4O2/c1-4-5-14-27(15-6-13-23)18-9-7-17(8-10-18)24-25-22-26(2)20-12-11-19(28-3)16-21(20)29-22;1-2(3)4/h7-12,16H,4-6,14-15H2,1-3H3;1H3,(H,3,4)/q+1;/p-1. The third-order valence-corrected chi connectivity index (χ3v) is 5.84. The Bertz CT molecular complexity index is 1120. The van der Waals surface area contributed by atoms with Gasteiger partial charge in [0.25, 0.3) is 0 Å². The van der Waals surface area contributed by atoms with Crippen molar-refractivity contribution in [1.29, 1.82) is 5.26 Å². The zero-order valence-electron chi connectivity index (χ0n) is 19.4. The number of rotatable bonds is 9. The Labute approximate surface area is 198 Å². The lowest BCUT2D eigenvalue weighted by Gasteiger charge is -2.23. The zero-order chi connectivity index (χ0) is 24.2. The van der Waals surface area contributed by atoms with Crippen LogP contribution in [0.4, 0.5) is 16.5 Å². The lowest BCUT2D eigenvalue weighted by molar-refractivity contribution is -0.627. The number of carbonyl (C=O) groups is 1. The number of fused-ring (bicyclic) bond motifs is 1. The molecule has 0 radical (unpaired) electrons. The van der Waals surface area contributed by atoms with E-state index in [1.165, 1.54) is 0 Å². The second-order valence-corrected chi connectivity index (χ2v) is 8.24. The van der Waals surface area contributed by atoms with Gasteiger partial charge in [0, 0.05) is 30.8 Å². The molecule has 0 aliphatic heterocycles. The number of aliphatic carboxylic acids is 1. The van der Waals surface area contributed by atoms with E-state index in [2.05, 4.69) is 40.3 Å². The molecule has 1 aromatic heterocycles. The molecular weight excluding hydrogens is 438 g/mol. The summed E-state index contributed by atoms with van der Waals surface area (Å²) in [6, 6.07) is 16.3. The van der Waals surface area contributed by atoms with Crippen molar-refractivity contribution in [2.45, 2.75) is 33.1 Å². The highest BCUT2D eigenvalue weighted by Crippen LogP contribution is 2.30. The van der Waals surface area contributed by atoms with Crippen LogP contribution in [0, 0.1) is 11.3 Å². The molecule has 0 bridgehead atoms. The van der Waals surface area contributed by atoms with E-state index in [-0.39, 0.29) is 0 Å². The van der Waals surface area contributed by atoms with Crippen molar-refractivity contribution in [3.63, 3.8) is 0 Å². The molecule has 9 heteroatoms. The third kappa shape index (κ3) is 7.84. The highest BCUT2D eigenvalue weighted by atomic mass is 32.1. The number of hydrogen-bond donors (Lipinski definition) is 0. The van der Waals surface area contributed by atoms with Crippen LogP contribution in [-0.2, 0) is 11.8 Å². The minimum Gasteiger partial charge on any atom is -0.550 e. The summed E-state index contributed by atoms with van der Waals surface area (Å²) in [5, 5.41) is 27.5. The van der Waals surface area contributed by atoms with Crippen LogP contribution in [-0.4, -0.2) is 26.2 Å². The van der Waals surface area contributed by atoms with Gasteiger partial charge < -0.3 is 19.5 Å². The number of carboxylic acid groups (broad SMARTS) is 1. The van der Waals surface area contributed by atoms with E-state index in [0.717, 1.165) is 65.3 Å². The number of hydrogen-bond acceptors (Lipinski definition) is 8. The molecule has 0 saturated carbocycles. The fraction of sp³-hybridized carbons (Fsp3) is 0.375. The van der Waals surface area contributed by atoms with Gasteiger partial charge in [-0.3, -0.25) is 0 Å². The predicted octanol–water partition coefficient (Wildman–Crippen LogP) is 4.43. The fourth-order valence-electron chi connectivity index (χ4n) is 3.07. The van der Waals surface area contributed by atoms with Crippen molar-refractivity contribution in [3.05, 3.63) is 42.5 Å². The zero-order valence-corrected chi connectivity index (χ0v) is 20.3. The summed E-state index contributed by atoms with van der Waals surface area (Å²) < 4.78 is 8.45. The molecule has 0 fully saturated rings. The largest absolute Gasteiger partial charge is 0.550 e. The average Bonchev–Trinajstić information content (AvgIpc) is 3.12. The maximum absolute atomic E-state index is 8.90. The monoisotopic (exact) mass is 467 g/mol. The molecular formula is C24H29N5O3S. The number of thiazole rings is 1. The van der Waals surface area contributed by atoms with E-state index in [1.54, 1.807) is 18.4 Å². The van der Waals surface area contributed by atoms with Gasteiger partial charge in [0.1, 0.15) is 17.0 Å². The highest BCUT2D eigenvalue weighted by molar-refractivity contribution is 7.21. The predicted molar refractivity (Wildman–Crippen MR) is 128 cm³/mol. The summed E-state index contributed by atoms with van der Waals surface area (Å²) in [7, 11) is 3.66. The van der Waals surface area contributed by atoms with Gasteiger partial charge in [-0.2, -0.15) is 5.26 Å². The minimum atomic E-state index is -1.08. The van der Waals surface area contributed by atoms with E-state index in [0.29, 0.717) is 6.42 Å². The van der Waals surface area contributed by atoms with Gasteiger partial charge in [-0.25, -0.2) is 4.57 Å². The number of benzene rings is 2. The molecule has 0 saturated heterocycles. The number of nitriles is 1. The molecule has 3 aromatic rings. The topological polar surface area (TPSA) is 105 Å². The van der Waals surface area contributed by atoms with Crippen LogP contribution in [0.3, 0.4) is 0 Å². The van der Waals surface area contributed by atoms with Crippen molar-refractivity contribution < 1.29 is 19.2 Å². The first-order valence-corrected chi connectivity index (χ1v) is 11.5. The number of aromatic nitrogens is 1. The second-order valence-electron chi connectivity index (χ2n) is 7.23. The van der Waals surface area contributed by atoms with E-state index in [4.69, 9.17) is 19.9 Å². The van der Waals surface area contributed by atoms with Crippen molar-refractivity contribution in [2.75, 3.05) is 25.1 Å². The van der Waals surface area contributed by atoms with Gasteiger partial charge in [-0.05, 0) is 66.2 Å². The van der Waals surface area contributed by atoms with Crippen LogP contribution >= 0.6 is 11.3 Å². The van der Waals surface area contributed by atoms with Crippen LogP contribution in [0.25, 0.3) is 10.2 Å². The first-order valence-electron chi connectivity index (χ1n) is 10.7. The number of ether oxygens (including phenoxy) is 1. The van der Waals surface area contributed by atoms with Gasteiger partial charge >= 0.3 is 5.13 Å². The molecule has 174 valence electrons. The molecule has 3 rings (SSSR count). The number of carbonyl (C=O) groups excluding carboxylic acids is 1. The van der Waals surface area contributed by atoms with Crippen molar-refractivity contribution in [1.82, 2.24) is 0 Å². The summed E-state index contributed by atoms with van der Waals surface area (Å²) >= 11 is 1.58. The van der Waals surface area contributed by atoms with Crippen LogP contribution in [0.5, 0.6) is 5.75 Å². The first kappa shape index (κ1) is 25.7. The van der Waals surface area contributed by atoms with Crippen molar-refractivity contribution >= 4 is 44.0 Å². The van der Waals surface area contributed by atoms with Crippen LogP contribution < -0.4 is 19.3 Å². The summed E-state index contributed by atoms with van der Waals surface area (Å²) in [5.41, 5.74) is 3.02. The molecule has 8 nitrogen and oxygen atoms in total. The Morgan fingerprint density at radius 2 is 1.91 bits per heavy atom. The minimum absolute atomic E-state index is 0.526. The highest BCUT2D eigenvalue weighted by Gasteiger charge is 2.16. The van der Waals surface area contributed by atoms with Gasteiger partial charge in [0.05, 0.1) is 36.5 Å². The number of unbranched alkanes of at least 4 members (excludes halogenated alkanes) is 1.